The molecule has 3 aromatic rings. The number of fused-ring (bicyclic) bond motifs is 2. The molecule has 0 bridgehead atoms. The molecule has 3 saturated heterocycles. The van der Waals surface area contributed by atoms with Crippen molar-refractivity contribution in [2.75, 3.05) is 44.3 Å². The molecule has 2 atom stereocenters. The molecule has 1 aromatic carbocycles. The number of hydrogen-bond donors (Lipinski definition) is 0. The van der Waals surface area contributed by atoms with Crippen LogP contribution in [0.25, 0.3) is 16.6 Å². The molecule has 0 unspecified atom stereocenters. The Kier molecular flexibility index (Phi) is 3.78. The van der Waals surface area contributed by atoms with Crippen LogP contribution >= 0.6 is 11.6 Å². The van der Waals surface area contributed by atoms with Crippen molar-refractivity contribution in [3.05, 3.63) is 35.7 Å². The number of hydrogen-bond acceptors (Lipinski definition) is 5. The summed E-state index contributed by atoms with van der Waals surface area (Å²) in [5.74, 6) is 1.44. The lowest BCUT2D eigenvalue weighted by atomic mass is 10.0. The summed E-state index contributed by atoms with van der Waals surface area (Å²) >= 11 is 6.74. The van der Waals surface area contributed by atoms with Gasteiger partial charge in [-0.3, -0.25) is 9.58 Å². The van der Waals surface area contributed by atoms with Crippen molar-refractivity contribution in [1.29, 1.82) is 0 Å². The minimum atomic E-state index is 0.570. The standard InChI is InChI=1S/C22H25ClN6O/c23-20-3-14-5-25-29(18-6-24-28(11-18)17-1-2-17)21(14)4-22(20)27-9-15-7-26(8-16(15)10-27)19-12-30-13-19/h3-6,11,15-17,19H,1-2,7-10,12-13H2/t15-,16+. The zero-order valence-corrected chi connectivity index (χ0v) is 17.6. The Balaban J connectivity index is 1.18. The van der Waals surface area contributed by atoms with Crippen LogP contribution in [0.15, 0.2) is 30.7 Å². The van der Waals surface area contributed by atoms with E-state index in [1.54, 1.807) is 0 Å². The third kappa shape index (κ3) is 2.72. The van der Waals surface area contributed by atoms with Crippen LogP contribution in [0.5, 0.6) is 0 Å². The molecule has 3 aliphatic heterocycles. The molecule has 7 nitrogen and oxygen atoms in total. The minimum Gasteiger partial charge on any atom is -0.378 e. The maximum Gasteiger partial charge on any atom is 0.103 e. The maximum atomic E-state index is 6.74. The first-order valence-corrected chi connectivity index (χ1v) is 11.4. The number of rotatable bonds is 4. The second kappa shape index (κ2) is 6.45. The van der Waals surface area contributed by atoms with E-state index in [-0.39, 0.29) is 0 Å². The van der Waals surface area contributed by atoms with Crippen LogP contribution in [0.1, 0.15) is 18.9 Å². The van der Waals surface area contributed by atoms with Gasteiger partial charge in [-0.2, -0.15) is 10.2 Å². The number of anilines is 1. The molecule has 30 heavy (non-hydrogen) atoms. The van der Waals surface area contributed by atoms with Gasteiger partial charge in [-0.05, 0) is 36.8 Å². The van der Waals surface area contributed by atoms with E-state index in [0.29, 0.717) is 12.1 Å². The molecule has 1 saturated carbocycles. The normalized spacial score (nSPS) is 27.2. The highest BCUT2D eigenvalue weighted by Crippen LogP contribution is 2.40. The van der Waals surface area contributed by atoms with Crippen molar-refractivity contribution in [2.45, 2.75) is 24.9 Å². The van der Waals surface area contributed by atoms with Gasteiger partial charge in [0.1, 0.15) is 5.69 Å². The van der Waals surface area contributed by atoms with Crippen molar-refractivity contribution in [2.24, 2.45) is 11.8 Å². The third-order valence-electron chi connectivity index (χ3n) is 7.38. The van der Waals surface area contributed by atoms with E-state index >= 15 is 0 Å². The average Bonchev–Trinajstić information content (AvgIpc) is 3.03. The van der Waals surface area contributed by atoms with Gasteiger partial charge in [0.25, 0.3) is 0 Å². The van der Waals surface area contributed by atoms with Crippen molar-refractivity contribution >= 4 is 28.2 Å². The lowest BCUT2D eigenvalue weighted by Gasteiger charge is -2.35. The topological polar surface area (TPSA) is 51.4 Å². The van der Waals surface area contributed by atoms with Crippen LogP contribution < -0.4 is 4.90 Å². The van der Waals surface area contributed by atoms with Crippen molar-refractivity contribution in [3.8, 4) is 5.69 Å². The fourth-order valence-corrected chi connectivity index (χ4v) is 5.71. The summed E-state index contributed by atoms with van der Waals surface area (Å²) in [6, 6.07) is 5.50. The van der Waals surface area contributed by atoms with Gasteiger partial charge in [0, 0.05) is 31.6 Å². The molecular weight excluding hydrogens is 400 g/mol. The minimum absolute atomic E-state index is 0.570. The van der Waals surface area contributed by atoms with E-state index < -0.39 is 0 Å². The highest BCUT2D eigenvalue weighted by Gasteiger charge is 2.43. The molecule has 0 N–H and O–H groups in total. The first-order valence-electron chi connectivity index (χ1n) is 11.0. The molecule has 2 aromatic heterocycles. The predicted molar refractivity (Wildman–Crippen MR) is 116 cm³/mol. The Bertz CT molecular complexity index is 1100. The quantitative estimate of drug-likeness (QED) is 0.644. The number of ether oxygens (including phenoxy) is 1. The molecule has 0 radical (unpaired) electrons. The molecule has 1 aliphatic carbocycles. The lowest BCUT2D eigenvalue weighted by Crippen LogP contribution is -2.48. The molecular formula is C22H25ClN6O. The number of benzene rings is 1. The van der Waals surface area contributed by atoms with Crippen LogP contribution in [-0.4, -0.2) is 69.9 Å². The fraction of sp³-hybridized carbons (Fsp3) is 0.545. The summed E-state index contributed by atoms with van der Waals surface area (Å²) < 4.78 is 9.46. The highest BCUT2D eigenvalue weighted by atomic mass is 35.5. The summed E-state index contributed by atoms with van der Waals surface area (Å²) in [7, 11) is 0. The second-order valence-electron chi connectivity index (χ2n) is 9.40. The summed E-state index contributed by atoms with van der Waals surface area (Å²) in [6.07, 6.45) is 8.37. The largest absolute Gasteiger partial charge is 0.378 e. The van der Waals surface area contributed by atoms with Gasteiger partial charge < -0.3 is 9.64 Å². The van der Waals surface area contributed by atoms with Gasteiger partial charge in [0.15, 0.2) is 0 Å². The van der Waals surface area contributed by atoms with Crippen LogP contribution in [-0.2, 0) is 4.74 Å². The molecule has 0 spiro atoms. The van der Waals surface area contributed by atoms with Crippen LogP contribution in [0.3, 0.4) is 0 Å². The molecule has 0 amide bonds. The molecule has 8 heteroatoms. The first kappa shape index (κ1) is 17.6. The van der Waals surface area contributed by atoms with Crippen molar-refractivity contribution in [3.63, 3.8) is 0 Å². The van der Waals surface area contributed by atoms with E-state index in [1.807, 2.05) is 17.1 Å². The van der Waals surface area contributed by atoms with Crippen LogP contribution in [0.4, 0.5) is 5.69 Å². The van der Waals surface area contributed by atoms with Crippen LogP contribution in [0, 0.1) is 11.8 Å². The SMILES string of the molecule is Clc1cc2cnn(-c3cnn(C4CC4)c3)c2cc1N1C[C@@H]2CN(C3COC3)C[C@@H]2C1. The van der Waals surface area contributed by atoms with Gasteiger partial charge in [-0.1, -0.05) is 11.6 Å². The van der Waals surface area contributed by atoms with Gasteiger partial charge in [-0.15, -0.1) is 0 Å². The number of likely N-dealkylation sites (tertiary alicyclic amines) is 1. The third-order valence-corrected chi connectivity index (χ3v) is 7.68. The van der Waals surface area contributed by atoms with Crippen molar-refractivity contribution in [1.82, 2.24) is 24.5 Å². The van der Waals surface area contributed by atoms with E-state index in [4.69, 9.17) is 16.3 Å². The Morgan fingerprint density at radius 3 is 2.43 bits per heavy atom. The number of aromatic nitrogens is 4. The van der Waals surface area contributed by atoms with Gasteiger partial charge in [0.2, 0.25) is 0 Å². The fourth-order valence-electron chi connectivity index (χ4n) is 5.42. The van der Waals surface area contributed by atoms with E-state index in [0.717, 1.165) is 65.4 Å². The summed E-state index contributed by atoms with van der Waals surface area (Å²) in [6.45, 7) is 6.35. The number of halogens is 1. The monoisotopic (exact) mass is 424 g/mol. The zero-order chi connectivity index (χ0) is 19.8. The van der Waals surface area contributed by atoms with E-state index in [1.165, 1.54) is 25.9 Å². The highest BCUT2D eigenvalue weighted by molar-refractivity contribution is 6.34. The average molecular weight is 425 g/mol. The van der Waals surface area contributed by atoms with Crippen molar-refractivity contribution < 1.29 is 4.74 Å². The lowest BCUT2D eigenvalue weighted by molar-refractivity contribution is -0.0590. The second-order valence-corrected chi connectivity index (χ2v) is 9.81. The van der Waals surface area contributed by atoms with Gasteiger partial charge >= 0.3 is 0 Å². The molecule has 4 aliphatic rings. The molecule has 4 fully saturated rings. The molecule has 156 valence electrons. The first-order chi connectivity index (χ1) is 14.7. The van der Waals surface area contributed by atoms with Crippen LogP contribution in [0.2, 0.25) is 5.02 Å². The Morgan fingerprint density at radius 2 is 1.73 bits per heavy atom. The summed E-state index contributed by atoms with van der Waals surface area (Å²) in [5.41, 5.74) is 3.24. The Morgan fingerprint density at radius 1 is 0.933 bits per heavy atom. The summed E-state index contributed by atoms with van der Waals surface area (Å²) in [5, 5.41) is 11.1. The Hall–Kier alpha value is -2.09. The zero-order valence-electron chi connectivity index (χ0n) is 16.8. The van der Waals surface area contributed by atoms with E-state index in [9.17, 15) is 0 Å². The maximum absolute atomic E-state index is 6.74. The summed E-state index contributed by atoms with van der Waals surface area (Å²) in [4.78, 5) is 5.12. The molecule has 5 heterocycles. The van der Waals surface area contributed by atoms with Gasteiger partial charge in [-0.25, -0.2) is 4.68 Å². The van der Waals surface area contributed by atoms with Gasteiger partial charge in [0.05, 0.1) is 60.1 Å². The van der Waals surface area contributed by atoms with E-state index in [2.05, 4.69) is 43.0 Å². The Labute approximate surface area is 180 Å². The molecule has 7 rings (SSSR count). The number of nitrogens with zero attached hydrogens (tertiary/aromatic N) is 6. The predicted octanol–water partition coefficient (Wildman–Crippen LogP) is 2.98. The smallest absolute Gasteiger partial charge is 0.103 e.